The second-order valence-corrected chi connectivity index (χ2v) is 6.04. The maximum absolute atomic E-state index is 5.98. The molecule has 2 N–H and O–H groups in total. The lowest BCUT2D eigenvalue weighted by Crippen LogP contribution is -2.36. The van der Waals surface area contributed by atoms with Crippen molar-refractivity contribution in [3.05, 3.63) is 47.1 Å². The van der Waals surface area contributed by atoms with E-state index < -0.39 is 0 Å². The number of hydrogen-bond acceptors (Lipinski definition) is 3. The van der Waals surface area contributed by atoms with Crippen molar-refractivity contribution >= 4 is 17.4 Å². The largest absolute Gasteiger partial charge is 0.383 e. The summed E-state index contributed by atoms with van der Waals surface area (Å²) in [5.41, 5.74) is 7.36. The van der Waals surface area contributed by atoms with Crippen molar-refractivity contribution in [3.63, 3.8) is 0 Å². The lowest BCUT2D eigenvalue weighted by atomic mass is 10.0. The summed E-state index contributed by atoms with van der Waals surface area (Å²) in [5, 5.41) is 4.86. The maximum atomic E-state index is 5.98. The number of hydrogen-bond donors (Lipinski definition) is 1. The second-order valence-electron chi connectivity index (χ2n) is 5.63. The highest BCUT2D eigenvalue weighted by Crippen LogP contribution is 2.27. The summed E-state index contributed by atoms with van der Waals surface area (Å²) in [4.78, 5) is 2.52. The number of halogens is 1. The number of benzene rings is 1. The molecule has 1 aliphatic heterocycles. The van der Waals surface area contributed by atoms with Gasteiger partial charge in [0.05, 0.1) is 12.2 Å². The van der Waals surface area contributed by atoms with E-state index in [-0.39, 0.29) is 0 Å². The van der Waals surface area contributed by atoms with E-state index in [4.69, 9.17) is 17.3 Å². The van der Waals surface area contributed by atoms with E-state index in [0.717, 1.165) is 38.9 Å². The minimum Gasteiger partial charge on any atom is -0.383 e. The highest BCUT2D eigenvalue weighted by molar-refractivity contribution is 6.32. The Kier molecular flexibility index (Phi) is 4.46. The van der Waals surface area contributed by atoms with Crippen molar-refractivity contribution in [1.29, 1.82) is 0 Å². The zero-order valence-electron chi connectivity index (χ0n) is 12.1. The van der Waals surface area contributed by atoms with Crippen molar-refractivity contribution in [2.75, 3.05) is 25.4 Å². The minimum atomic E-state index is 0.380. The van der Waals surface area contributed by atoms with Crippen molar-refractivity contribution in [2.45, 2.75) is 25.3 Å². The van der Waals surface area contributed by atoms with E-state index in [1.54, 1.807) is 6.20 Å². The van der Waals surface area contributed by atoms with Crippen molar-refractivity contribution in [2.24, 2.45) is 0 Å². The lowest BCUT2D eigenvalue weighted by Gasteiger charge is -2.32. The molecule has 0 radical (unpaired) electrons. The van der Waals surface area contributed by atoms with Crippen LogP contribution in [0.1, 0.15) is 24.4 Å². The lowest BCUT2D eigenvalue weighted by molar-refractivity contribution is 0.183. The van der Waals surface area contributed by atoms with Crippen molar-refractivity contribution < 1.29 is 0 Å². The van der Waals surface area contributed by atoms with Crippen LogP contribution in [0.15, 0.2) is 36.5 Å². The standard InChI is InChI=1S/C16H21ClN4/c17-15-12-19-21(16(15)18)14-7-10-20(11-8-14)9-6-13-4-2-1-3-5-13/h1-5,12,14H,6-11,18H2. The average Bonchev–Trinajstić information content (AvgIpc) is 2.87. The Labute approximate surface area is 130 Å². The Hall–Kier alpha value is -1.52. The molecule has 112 valence electrons. The molecule has 1 aliphatic rings. The molecule has 0 spiro atoms. The van der Waals surface area contributed by atoms with Gasteiger partial charge in [-0.25, -0.2) is 4.68 Å². The molecule has 5 heteroatoms. The van der Waals surface area contributed by atoms with E-state index in [9.17, 15) is 0 Å². The third-order valence-electron chi connectivity index (χ3n) is 4.25. The van der Waals surface area contributed by atoms with Gasteiger partial charge in [-0.2, -0.15) is 5.10 Å². The van der Waals surface area contributed by atoms with E-state index in [0.29, 0.717) is 16.9 Å². The molecular formula is C16H21ClN4. The highest BCUT2D eigenvalue weighted by Gasteiger charge is 2.22. The Balaban J connectivity index is 1.50. The molecule has 1 aromatic carbocycles. The van der Waals surface area contributed by atoms with E-state index in [1.165, 1.54) is 5.56 Å². The van der Waals surface area contributed by atoms with Crippen LogP contribution in [0.5, 0.6) is 0 Å². The number of nitrogens with zero attached hydrogens (tertiary/aromatic N) is 3. The molecule has 21 heavy (non-hydrogen) atoms. The first-order chi connectivity index (χ1) is 10.2. The fourth-order valence-electron chi connectivity index (χ4n) is 2.96. The summed E-state index contributed by atoms with van der Waals surface area (Å²) < 4.78 is 1.89. The molecule has 0 unspecified atom stereocenters. The van der Waals surface area contributed by atoms with Crippen LogP contribution in [0.2, 0.25) is 5.02 Å². The molecule has 1 saturated heterocycles. The quantitative estimate of drug-likeness (QED) is 0.944. The first kappa shape index (κ1) is 14.4. The maximum Gasteiger partial charge on any atom is 0.140 e. The van der Waals surface area contributed by atoms with Crippen LogP contribution in [-0.2, 0) is 6.42 Å². The van der Waals surface area contributed by atoms with E-state index in [2.05, 4.69) is 40.3 Å². The summed E-state index contributed by atoms with van der Waals surface area (Å²) >= 11 is 5.98. The number of anilines is 1. The normalized spacial score (nSPS) is 17.2. The highest BCUT2D eigenvalue weighted by atomic mass is 35.5. The molecule has 0 aliphatic carbocycles. The third kappa shape index (κ3) is 3.39. The number of piperidine rings is 1. The van der Waals surface area contributed by atoms with Gasteiger partial charge in [0.1, 0.15) is 10.8 Å². The fraction of sp³-hybridized carbons (Fsp3) is 0.438. The number of nitrogens with two attached hydrogens (primary N) is 1. The number of likely N-dealkylation sites (tertiary alicyclic amines) is 1. The third-order valence-corrected chi connectivity index (χ3v) is 4.54. The van der Waals surface area contributed by atoms with E-state index >= 15 is 0 Å². The number of rotatable bonds is 4. The van der Waals surface area contributed by atoms with Crippen molar-refractivity contribution in [1.82, 2.24) is 14.7 Å². The molecule has 0 atom stereocenters. The van der Waals surface area contributed by atoms with Crippen LogP contribution < -0.4 is 5.73 Å². The van der Waals surface area contributed by atoms with Gasteiger partial charge in [-0.05, 0) is 24.8 Å². The minimum absolute atomic E-state index is 0.380. The zero-order chi connectivity index (χ0) is 14.7. The van der Waals surface area contributed by atoms with Gasteiger partial charge in [-0.1, -0.05) is 41.9 Å². The Bertz CT molecular complexity index is 573. The molecular weight excluding hydrogens is 284 g/mol. The SMILES string of the molecule is Nc1c(Cl)cnn1C1CCN(CCc2ccccc2)CC1. The van der Waals surface area contributed by atoms with Gasteiger partial charge in [0, 0.05) is 19.6 Å². The molecule has 0 saturated carbocycles. The average molecular weight is 305 g/mol. The second kappa shape index (κ2) is 6.50. The van der Waals surface area contributed by atoms with Gasteiger partial charge in [0.15, 0.2) is 0 Å². The Morgan fingerprint density at radius 1 is 1.19 bits per heavy atom. The van der Waals surface area contributed by atoms with Gasteiger partial charge in [0.25, 0.3) is 0 Å². The summed E-state index contributed by atoms with van der Waals surface area (Å²) in [6.45, 7) is 3.30. The Morgan fingerprint density at radius 2 is 1.90 bits per heavy atom. The van der Waals surface area contributed by atoms with Gasteiger partial charge >= 0.3 is 0 Å². The number of nitrogen functional groups attached to an aromatic ring is 1. The smallest absolute Gasteiger partial charge is 0.140 e. The predicted octanol–water partition coefficient (Wildman–Crippen LogP) is 3.00. The summed E-state index contributed by atoms with van der Waals surface area (Å²) in [6, 6.07) is 11.0. The number of aromatic nitrogens is 2. The van der Waals surface area contributed by atoms with Gasteiger partial charge in [-0.3, -0.25) is 0 Å². The van der Waals surface area contributed by atoms with Crippen molar-refractivity contribution in [3.8, 4) is 0 Å². The predicted molar refractivity (Wildman–Crippen MR) is 86.5 cm³/mol. The van der Waals surface area contributed by atoms with Crippen LogP contribution in [0.4, 0.5) is 5.82 Å². The van der Waals surface area contributed by atoms with Crippen LogP contribution in [-0.4, -0.2) is 34.3 Å². The molecule has 0 amide bonds. The molecule has 2 heterocycles. The molecule has 2 aromatic rings. The zero-order valence-corrected chi connectivity index (χ0v) is 12.8. The topological polar surface area (TPSA) is 47.1 Å². The van der Waals surface area contributed by atoms with Gasteiger partial charge in [-0.15, -0.1) is 0 Å². The first-order valence-electron chi connectivity index (χ1n) is 7.49. The molecule has 4 nitrogen and oxygen atoms in total. The monoisotopic (exact) mass is 304 g/mol. The van der Waals surface area contributed by atoms with Crippen LogP contribution >= 0.6 is 11.6 Å². The summed E-state index contributed by atoms with van der Waals surface area (Å²) in [7, 11) is 0. The van der Waals surface area contributed by atoms with Crippen LogP contribution in [0.25, 0.3) is 0 Å². The molecule has 1 aromatic heterocycles. The summed E-state index contributed by atoms with van der Waals surface area (Å²) in [5.74, 6) is 0.597. The van der Waals surface area contributed by atoms with Crippen LogP contribution in [0, 0.1) is 0 Å². The molecule has 0 bridgehead atoms. The molecule has 1 fully saturated rings. The van der Waals surface area contributed by atoms with E-state index in [1.807, 2.05) is 4.68 Å². The van der Waals surface area contributed by atoms with Gasteiger partial charge in [0.2, 0.25) is 0 Å². The fourth-order valence-corrected chi connectivity index (χ4v) is 3.09. The first-order valence-corrected chi connectivity index (χ1v) is 7.86. The molecule has 3 rings (SSSR count). The summed E-state index contributed by atoms with van der Waals surface area (Å²) in [6.07, 6.45) is 4.91. The van der Waals surface area contributed by atoms with Gasteiger partial charge < -0.3 is 10.6 Å². The van der Waals surface area contributed by atoms with Crippen LogP contribution in [0.3, 0.4) is 0 Å². The Morgan fingerprint density at radius 3 is 2.52 bits per heavy atom.